The van der Waals surface area contributed by atoms with Gasteiger partial charge < -0.3 is 0 Å². The average molecular weight is 393 g/mol. The fourth-order valence-electron chi connectivity index (χ4n) is 4.04. The van der Waals surface area contributed by atoms with Crippen molar-refractivity contribution in [2.24, 2.45) is 0 Å². The molecule has 0 spiro atoms. The molecular weight excluding hydrogens is 344 g/mol. The van der Waals surface area contributed by atoms with Gasteiger partial charge in [0.05, 0.1) is 0 Å². The van der Waals surface area contributed by atoms with Gasteiger partial charge in [-0.2, -0.15) is 11.3 Å². The number of hydrogen-bond donors (Lipinski definition) is 0. The lowest BCUT2D eigenvalue weighted by Gasteiger charge is -2.05. The van der Waals surface area contributed by atoms with Gasteiger partial charge in [0.15, 0.2) is 0 Å². The van der Waals surface area contributed by atoms with Gasteiger partial charge in [-0.15, -0.1) is 0 Å². The topological polar surface area (TPSA) is 0 Å². The van der Waals surface area contributed by atoms with E-state index < -0.39 is 0 Å². The molecule has 0 bridgehead atoms. The monoisotopic (exact) mass is 392 g/mol. The maximum Gasteiger partial charge on any atom is -0.00584 e. The van der Waals surface area contributed by atoms with E-state index in [1.807, 2.05) is 11.3 Å². The first-order valence-electron chi connectivity index (χ1n) is 12.4. The molecule has 0 nitrogen and oxygen atoms in total. The largest absolute Gasteiger partial charge is 0.152 e. The Morgan fingerprint density at radius 2 is 0.741 bits per heavy atom. The van der Waals surface area contributed by atoms with Gasteiger partial charge in [-0.05, 0) is 47.6 Å². The number of aryl methyl sites for hydroxylation is 2. The second-order valence-corrected chi connectivity index (χ2v) is 9.32. The molecule has 1 rings (SSSR count). The molecule has 1 heterocycles. The van der Waals surface area contributed by atoms with Crippen LogP contribution in [0.5, 0.6) is 0 Å². The van der Waals surface area contributed by atoms with Crippen LogP contribution in [0.2, 0.25) is 0 Å². The highest BCUT2D eigenvalue weighted by molar-refractivity contribution is 7.08. The van der Waals surface area contributed by atoms with Crippen molar-refractivity contribution in [2.45, 2.75) is 142 Å². The Balaban J connectivity index is 1.87. The summed E-state index contributed by atoms with van der Waals surface area (Å²) in [5.41, 5.74) is 3.32. The van der Waals surface area contributed by atoms with Crippen LogP contribution in [0.1, 0.15) is 141 Å². The molecule has 27 heavy (non-hydrogen) atoms. The summed E-state index contributed by atoms with van der Waals surface area (Å²) in [6, 6.07) is 0. The molecule has 0 N–H and O–H groups in total. The third kappa shape index (κ3) is 14.4. The molecule has 0 aliphatic heterocycles. The summed E-state index contributed by atoms with van der Waals surface area (Å²) in [7, 11) is 0. The third-order valence-corrected chi connectivity index (χ3v) is 6.77. The molecule has 158 valence electrons. The smallest absolute Gasteiger partial charge is 0.00584 e. The summed E-state index contributed by atoms with van der Waals surface area (Å²) >= 11 is 1.92. The second kappa shape index (κ2) is 19.0. The van der Waals surface area contributed by atoms with Crippen molar-refractivity contribution in [2.75, 3.05) is 0 Å². The normalized spacial score (nSPS) is 11.3. The molecule has 0 aliphatic carbocycles. The Bertz CT molecular complexity index is 406. The quantitative estimate of drug-likeness (QED) is 0.194. The van der Waals surface area contributed by atoms with Crippen LogP contribution in [0.3, 0.4) is 0 Å². The summed E-state index contributed by atoms with van der Waals surface area (Å²) in [5, 5.41) is 4.82. The van der Waals surface area contributed by atoms with Crippen LogP contribution in [0, 0.1) is 0 Å². The fraction of sp³-hybridized carbons (Fsp3) is 0.846. The van der Waals surface area contributed by atoms with Crippen molar-refractivity contribution in [1.82, 2.24) is 0 Å². The minimum Gasteiger partial charge on any atom is -0.152 e. The highest BCUT2D eigenvalue weighted by Gasteiger charge is 2.04. The molecule has 0 atom stereocenters. The van der Waals surface area contributed by atoms with E-state index in [1.54, 1.807) is 11.1 Å². The predicted octanol–water partition coefficient (Wildman–Crippen LogP) is 9.89. The number of unbranched alkanes of at least 4 members (excludes halogenated alkanes) is 16. The molecule has 0 aliphatic rings. The third-order valence-electron chi connectivity index (χ3n) is 5.93. The molecule has 0 saturated heterocycles. The standard InChI is InChI=1S/C26H48S/c1-3-5-7-9-10-11-12-13-14-15-16-17-18-20-22-26-24-27-23-25(26)21-19-8-6-4-2/h23-24H,3-22H2,1-2H3. The van der Waals surface area contributed by atoms with Gasteiger partial charge in [0.2, 0.25) is 0 Å². The predicted molar refractivity (Wildman–Crippen MR) is 126 cm³/mol. The zero-order valence-electron chi connectivity index (χ0n) is 18.7. The maximum atomic E-state index is 2.41. The number of rotatable bonds is 20. The summed E-state index contributed by atoms with van der Waals surface area (Å²) in [6.07, 6.45) is 28.5. The molecule has 1 aromatic heterocycles. The Kier molecular flexibility index (Phi) is 17.4. The highest BCUT2D eigenvalue weighted by Crippen LogP contribution is 2.21. The van der Waals surface area contributed by atoms with Gasteiger partial charge >= 0.3 is 0 Å². The maximum absolute atomic E-state index is 2.41. The van der Waals surface area contributed by atoms with Gasteiger partial charge in [-0.3, -0.25) is 0 Å². The molecule has 0 saturated carbocycles. The summed E-state index contributed by atoms with van der Waals surface area (Å²) < 4.78 is 0. The van der Waals surface area contributed by atoms with Gasteiger partial charge in [0, 0.05) is 0 Å². The van der Waals surface area contributed by atoms with Gasteiger partial charge in [-0.1, -0.05) is 117 Å². The Hall–Kier alpha value is -0.300. The van der Waals surface area contributed by atoms with Crippen molar-refractivity contribution in [3.8, 4) is 0 Å². The first-order valence-corrected chi connectivity index (χ1v) is 13.4. The van der Waals surface area contributed by atoms with E-state index in [2.05, 4.69) is 24.6 Å². The van der Waals surface area contributed by atoms with E-state index in [0.717, 1.165) is 0 Å². The van der Waals surface area contributed by atoms with Gasteiger partial charge in [0.25, 0.3) is 0 Å². The molecule has 1 aromatic rings. The fourth-order valence-corrected chi connectivity index (χ4v) is 4.98. The first-order chi connectivity index (χ1) is 13.4. The lowest BCUT2D eigenvalue weighted by molar-refractivity contribution is 0.535. The lowest BCUT2D eigenvalue weighted by Crippen LogP contribution is -1.91. The molecule has 0 fully saturated rings. The number of hydrogen-bond acceptors (Lipinski definition) is 1. The van der Waals surface area contributed by atoms with E-state index in [9.17, 15) is 0 Å². The van der Waals surface area contributed by atoms with Crippen LogP contribution < -0.4 is 0 Å². The van der Waals surface area contributed by atoms with Crippen LogP contribution in [0.15, 0.2) is 10.8 Å². The minimum absolute atomic E-state index is 1.32. The summed E-state index contributed by atoms with van der Waals surface area (Å²) in [6.45, 7) is 4.60. The molecule has 1 heteroatoms. The van der Waals surface area contributed by atoms with Crippen LogP contribution in [0.4, 0.5) is 0 Å². The van der Waals surface area contributed by atoms with Crippen LogP contribution >= 0.6 is 11.3 Å². The summed E-state index contributed by atoms with van der Waals surface area (Å²) in [4.78, 5) is 0. The summed E-state index contributed by atoms with van der Waals surface area (Å²) in [5.74, 6) is 0. The van der Waals surface area contributed by atoms with Crippen LogP contribution in [0.25, 0.3) is 0 Å². The van der Waals surface area contributed by atoms with Crippen molar-refractivity contribution in [3.05, 3.63) is 21.9 Å². The minimum atomic E-state index is 1.32. The molecule has 0 amide bonds. The van der Waals surface area contributed by atoms with E-state index in [4.69, 9.17) is 0 Å². The van der Waals surface area contributed by atoms with Gasteiger partial charge in [0.1, 0.15) is 0 Å². The molecule has 0 radical (unpaired) electrons. The van der Waals surface area contributed by atoms with E-state index in [0.29, 0.717) is 0 Å². The van der Waals surface area contributed by atoms with Crippen molar-refractivity contribution in [1.29, 1.82) is 0 Å². The Morgan fingerprint density at radius 1 is 0.444 bits per heavy atom. The number of thiophene rings is 1. The molecular formula is C26H48S. The molecule has 0 aromatic carbocycles. The van der Waals surface area contributed by atoms with E-state index in [-0.39, 0.29) is 0 Å². The first kappa shape index (κ1) is 24.7. The van der Waals surface area contributed by atoms with Crippen LogP contribution in [-0.4, -0.2) is 0 Å². The zero-order valence-corrected chi connectivity index (χ0v) is 19.5. The van der Waals surface area contributed by atoms with E-state index in [1.165, 1.54) is 128 Å². The van der Waals surface area contributed by atoms with Crippen molar-refractivity contribution >= 4 is 11.3 Å². The van der Waals surface area contributed by atoms with Crippen molar-refractivity contribution < 1.29 is 0 Å². The van der Waals surface area contributed by atoms with Crippen molar-refractivity contribution in [3.63, 3.8) is 0 Å². The zero-order chi connectivity index (χ0) is 19.4. The highest BCUT2D eigenvalue weighted by atomic mass is 32.1. The second-order valence-electron chi connectivity index (χ2n) is 8.58. The van der Waals surface area contributed by atoms with Crippen LogP contribution in [-0.2, 0) is 12.8 Å². The molecule has 0 unspecified atom stereocenters. The van der Waals surface area contributed by atoms with Gasteiger partial charge in [-0.25, -0.2) is 0 Å². The Morgan fingerprint density at radius 3 is 1.11 bits per heavy atom. The van der Waals surface area contributed by atoms with E-state index >= 15 is 0 Å². The Labute approximate surface area is 175 Å². The SMILES string of the molecule is CCCCCCCCCCCCCCCCc1cscc1CCCCCC. The average Bonchev–Trinajstić information content (AvgIpc) is 3.13. The lowest BCUT2D eigenvalue weighted by atomic mass is 10.0.